The lowest BCUT2D eigenvalue weighted by Crippen LogP contribution is -2.58. The van der Waals surface area contributed by atoms with Gasteiger partial charge in [-0.15, -0.1) is 22.7 Å². The molecule has 2 aliphatic heterocycles. The molecule has 18 heteroatoms. The first-order valence-corrected chi connectivity index (χ1v) is 20.7. The number of rotatable bonds is 3. The maximum absolute atomic E-state index is 14.0. The minimum Gasteiger partial charge on any atom is -0.461 e. The SMILES string of the molecule is CC1C(c2cc3c(Cl)c(F)cnc3s2)CCCN1C(=O)OC(C)(C)C.COC(=O)C(=O)OC1(c2cc3c(Cl)c(F)cnc3s2)CCCN(C(=O)OC(C)(C)C)C1C. The van der Waals surface area contributed by atoms with Crippen LogP contribution in [0.3, 0.4) is 0 Å². The van der Waals surface area contributed by atoms with Crippen molar-refractivity contribution in [3.63, 3.8) is 0 Å². The Morgan fingerprint density at radius 1 is 0.807 bits per heavy atom. The number of fused-ring (bicyclic) bond motifs is 2. The molecule has 4 unspecified atom stereocenters. The van der Waals surface area contributed by atoms with E-state index < -0.39 is 52.5 Å². The highest BCUT2D eigenvalue weighted by atomic mass is 35.5. The Kier molecular flexibility index (Phi) is 13.3. The second-order valence-electron chi connectivity index (χ2n) is 15.9. The van der Waals surface area contributed by atoms with Gasteiger partial charge in [-0.25, -0.2) is 37.9 Å². The standard InChI is InChI=1S/C21H24ClFN2O6S.C18H22ClFN2O2S/c1-11-21(30-18(27)17(26)29-5,7-6-8-25(11)19(28)31-20(2,3)4)14-9-12-15(22)13(23)10-24-16(12)32-14;1-10-11(6-5-7-22(10)17(23)24-18(2,3)4)14-8-12-15(19)13(20)9-21-16(12)25-14/h9-11H,6-8H2,1-5H3;8-11H,5-7H2,1-4H3. The first-order valence-electron chi connectivity index (χ1n) is 18.3. The molecule has 0 radical (unpaired) electrons. The second-order valence-corrected chi connectivity index (χ2v) is 18.8. The van der Waals surface area contributed by atoms with Crippen LogP contribution in [0.4, 0.5) is 18.4 Å². The number of amides is 2. The lowest BCUT2D eigenvalue weighted by Gasteiger charge is -2.46. The highest BCUT2D eigenvalue weighted by Crippen LogP contribution is 2.47. The molecule has 0 saturated carbocycles. The summed E-state index contributed by atoms with van der Waals surface area (Å²) >= 11 is 14.9. The molecule has 12 nitrogen and oxygen atoms in total. The van der Waals surface area contributed by atoms with E-state index in [2.05, 4.69) is 14.7 Å². The summed E-state index contributed by atoms with van der Waals surface area (Å²) in [7, 11) is 1.07. The zero-order valence-corrected chi connectivity index (χ0v) is 36.3. The average Bonchev–Trinajstić information content (AvgIpc) is 3.77. The van der Waals surface area contributed by atoms with E-state index in [1.165, 1.54) is 16.2 Å². The van der Waals surface area contributed by atoms with Gasteiger partial charge in [-0.05, 0) is 93.2 Å². The summed E-state index contributed by atoms with van der Waals surface area (Å²) in [6.45, 7) is 15.6. The van der Waals surface area contributed by atoms with Crippen LogP contribution in [0.25, 0.3) is 20.4 Å². The van der Waals surface area contributed by atoms with Crippen LogP contribution in [0.1, 0.15) is 96.7 Å². The van der Waals surface area contributed by atoms with E-state index in [0.29, 0.717) is 46.4 Å². The smallest absolute Gasteiger partial charge is 0.418 e. The number of nitrogens with zero attached hydrogens (tertiary/aromatic N) is 4. The van der Waals surface area contributed by atoms with Crippen molar-refractivity contribution in [3.05, 3.63) is 56.0 Å². The molecule has 0 N–H and O–H groups in total. The summed E-state index contributed by atoms with van der Waals surface area (Å²) in [6.07, 6.45) is 3.94. The summed E-state index contributed by atoms with van der Waals surface area (Å²) in [5.41, 5.74) is -2.66. The maximum Gasteiger partial charge on any atom is 0.418 e. The van der Waals surface area contributed by atoms with Gasteiger partial charge in [0.1, 0.15) is 20.9 Å². The number of thiophene rings is 2. The quantitative estimate of drug-likeness (QED) is 0.111. The van der Waals surface area contributed by atoms with E-state index in [4.69, 9.17) is 37.4 Å². The fourth-order valence-electron chi connectivity index (χ4n) is 6.92. The number of methoxy groups -OCH3 is 1. The molecule has 0 aromatic carbocycles. The molecule has 6 rings (SSSR count). The number of carbonyl (C=O) groups is 4. The predicted molar refractivity (Wildman–Crippen MR) is 215 cm³/mol. The molecule has 57 heavy (non-hydrogen) atoms. The maximum atomic E-state index is 14.0. The lowest BCUT2D eigenvalue weighted by molar-refractivity contribution is -0.186. The fourth-order valence-corrected chi connectivity index (χ4v) is 9.91. The average molecular weight is 872 g/mol. The molecule has 2 fully saturated rings. The third-order valence-electron chi connectivity index (χ3n) is 9.67. The van der Waals surface area contributed by atoms with Gasteiger partial charge in [0, 0.05) is 40.7 Å². The molecule has 4 aromatic rings. The van der Waals surface area contributed by atoms with E-state index in [1.807, 2.05) is 33.8 Å². The zero-order valence-electron chi connectivity index (χ0n) is 33.2. The number of hydrogen-bond donors (Lipinski definition) is 0. The van der Waals surface area contributed by atoms with Crippen molar-refractivity contribution in [2.24, 2.45) is 0 Å². The third-order valence-corrected chi connectivity index (χ3v) is 12.8. The summed E-state index contributed by atoms with van der Waals surface area (Å²) in [5, 5.41) is 0.990. The van der Waals surface area contributed by atoms with E-state index >= 15 is 0 Å². The Hall–Kier alpha value is -3.86. The molecule has 2 saturated heterocycles. The van der Waals surface area contributed by atoms with Crippen molar-refractivity contribution in [1.82, 2.24) is 19.8 Å². The van der Waals surface area contributed by atoms with Gasteiger partial charge in [0.2, 0.25) is 0 Å². The Morgan fingerprint density at radius 2 is 1.33 bits per heavy atom. The van der Waals surface area contributed by atoms with Crippen molar-refractivity contribution in [2.75, 3.05) is 20.2 Å². The summed E-state index contributed by atoms with van der Waals surface area (Å²) in [6, 6.07) is 2.78. The number of hydrogen-bond acceptors (Lipinski definition) is 12. The van der Waals surface area contributed by atoms with Gasteiger partial charge in [-0.3, -0.25) is 0 Å². The molecule has 0 bridgehead atoms. The van der Waals surface area contributed by atoms with Crippen LogP contribution >= 0.6 is 45.9 Å². The number of likely N-dealkylation sites (tertiary alicyclic amines) is 2. The Labute approximate surface area is 347 Å². The van der Waals surface area contributed by atoms with Crippen LogP contribution in [0.15, 0.2) is 24.5 Å². The van der Waals surface area contributed by atoms with Crippen LogP contribution in [0.2, 0.25) is 10.0 Å². The van der Waals surface area contributed by atoms with E-state index in [0.717, 1.165) is 53.4 Å². The number of carbonyl (C=O) groups excluding carboxylic acids is 4. The van der Waals surface area contributed by atoms with Crippen LogP contribution in [0, 0.1) is 11.6 Å². The first kappa shape index (κ1) is 44.2. The van der Waals surface area contributed by atoms with Crippen LogP contribution in [-0.4, -0.2) is 87.4 Å². The molecule has 2 aliphatic rings. The van der Waals surface area contributed by atoms with Gasteiger partial charge >= 0.3 is 24.1 Å². The van der Waals surface area contributed by atoms with Crippen molar-refractivity contribution in [2.45, 2.75) is 116 Å². The Morgan fingerprint density at radius 3 is 1.89 bits per heavy atom. The number of aromatic nitrogens is 2. The van der Waals surface area contributed by atoms with Gasteiger partial charge in [-0.2, -0.15) is 0 Å². The predicted octanol–water partition coefficient (Wildman–Crippen LogP) is 10.0. The van der Waals surface area contributed by atoms with Crippen LogP contribution < -0.4 is 0 Å². The number of halogens is 4. The van der Waals surface area contributed by atoms with Crippen LogP contribution in [-0.2, 0) is 34.1 Å². The van der Waals surface area contributed by atoms with E-state index in [1.54, 1.807) is 38.7 Å². The minimum atomic E-state index is -1.41. The molecule has 0 aliphatic carbocycles. The molecule has 4 aromatic heterocycles. The molecular weight excluding hydrogens is 825 g/mol. The normalized spacial score (nSPS) is 21.5. The van der Waals surface area contributed by atoms with Gasteiger partial charge in [0.05, 0.1) is 40.5 Å². The summed E-state index contributed by atoms with van der Waals surface area (Å²) in [5.74, 6) is -3.40. The van der Waals surface area contributed by atoms with Gasteiger partial charge in [0.15, 0.2) is 17.2 Å². The van der Waals surface area contributed by atoms with E-state index in [-0.39, 0.29) is 28.1 Å². The highest BCUT2D eigenvalue weighted by Gasteiger charge is 2.51. The van der Waals surface area contributed by atoms with Gasteiger partial charge in [0.25, 0.3) is 0 Å². The molecule has 4 atom stereocenters. The number of esters is 2. The summed E-state index contributed by atoms with van der Waals surface area (Å²) < 4.78 is 48.9. The van der Waals surface area contributed by atoms with Crippen molar-refractivity contribution in [3.8, 4) is 0 Å². The highest BCUT2D eigenvalue weighted by molar-refractivity contribution is 7.19. The summed E-state index contributed by atoms with van der Waals surface area (Å²) in [4.78, 5) is 63.9. The first-order chi connectivity index (χ1) is 26.6. The number of piperidine rings is 2. The lowest BCUT2D eigenvalue weighted by atomic mass is 9.83. The van der Waals surface area contributed by atoms with Crippen LogP contribution in [0.5, 0.6) is 0 Å². The largest absolute Gasteiger partial charge is 0.461 e. The molecule has 0 spiro atoms. The van der Waals surface area contributed by atoms with Gasteiger partial charge in [-0.1, -0.05) is 23.2 Å². The Balaban J connectivity index is 0.000000224. The molecule has 2 amide bonds. The second kappa shape index (κ2) is 17.2. The molecule has 6 heterocycles. The monoisotopic (exact) mass is 870 g/mol. The van der Waals surface area contributed by atoms with Gasteiger partial charge < -0.3 is 28.7 Å². The topological polar surface area (TPSA) is 137 Å². The van der Waals surface area contributed by atoms with E-state index in [9.17, 15) is 28.0 Å². The number of pyridine rings is 2. The molecular formula is C39H46Cl2F2N4O8S2. The third kappa shape index (κ3) is 9.72. The number of ether oxygens (including phenoxy) is 4. The van der Waals surface area contributed by atoms with Crippen molar-refractivity contribution < 1.29 is 46.9 Å². The minimum absolute atomic E-state index is 0.000264. The zero-order chi connectivity index (χ0) is 42.2. The fraction of sp³-hybridized carbons (Fsp3) is 0.538. The molecule has 310 valence electrons. The Bertz CT molecular complexity index is 2170. The van der Waals surface area contributed by atoms with Crippen molar-refractivity contribution in [1.29, 1.82) is 0 Å². The van der Waals surface area contributed by atoms with Crippen molar-refractivity contribution >= 4 is 90.4 Å².